The molecule has 1 aromatic carbocycles. The summed E-state index contributed by atoms with van der Waals surface area (Å²) in [7, 11) is 0. The number of ether oxygens (including phenoxy) is 1. The maximum atomic E-state index is 11.9. The summed E-state index contributed by atoms with van der Waals surface area (Å²) in [4.78, 5) is 36.2. The molecule has 118 valence electrons. The van der Waals surface area contributed by atoms with Crippen LogP contribution >= 0.6 is 0 Å². The molecule has 1 aliphatic rings. The number of hydrogen-bond acceptors (Lipinski definition) is 4. The number of amides is 2. The molecule has 0 spiro atoms. The zero-order valence-electron chi connectivity index (χ0n) is 13.0. The third-order valence-corrected chi connectivity index (χ3v) is 3.60. The first-order valence-electron chi connectivity index (χ1n) is 7.28. The van der Waals surface area contributed by atoms with Gasteiger partial charge in [0.1, 0.15) is 6.10 Å². The summed E-state index contributed by atoms with van der Waals surface area (Å²) in [5.41, 5.74) is 2.21. The van der Waals surface area contributed by atoms with Crippen molar-refractivity contribution in [2.75, 3.05) is 18.0 Å². The average Bonchev–Trinajstić information content (AvgIpc) is 2.85. The molecule has 1 heterocycles. The molecule has 22 heavy (non-hydrogen) atoms. The smallest absolute Gasteiger partial charge is 0.414 e. The lowest BCUT2D eigenvalue weighted by Gasteiger charge is -2.15. The number of carbonyl (C=O) groups excluding carboxylic acids is 3. The fraction of sp³-hybridized carbons (Fsp3) is 0.438. The second-order valence-corrected chi connectivity index (χ2v) is 5.33. The van der Waals surface area contributed by atoms with E-state index in [4.69, 9.17) is 4.74 Å². The van der Waals surface area contributed by atoms with Crippen molar-refractivity contribution in [1.29, 1.82) is 0 Å². The van der Waals surface area contributed by atoms with Crippen LogP contribution in [0.25, 0.3) is 0 Å². The Hall–Kier alpha value is -2.37. The molecule has 1 saturated heterocycles. The van der Waals surface area contributed by atoms with Crippen LogP contribution in [-0.2, 0) is 9.53 Å². The first-order valence-corrected chi connectivity index (χ1v) is 7.28. The number of nitrogens with one attached hydrogen (secondary N) is 1. The Kier molecular flexibility index (Phi) is 4.80. The van der Waals surface area contributed by atoms with Crippen molar-refractivity contribution in [3.63, 3.8) is 0 Å². The zero-order chi connectivity index (χ0) is 16.3. The van der Waals surface area contributed by atoms with Crippen LogP contribution < -0.4 is 10.2 Å². The number of cyclic esters (lactones) is 1. The van der Waals surface area contributed by atoms with Crippen molar-refractivity contribution < 1.29 is 19.1 Å². The van der Waals surface area contributed by atoms with Gasteiger partial charge in [-0.2, -0.15) is 0 Å². The number of ketones is 1. The Balaban J connectivity index is 2.12. The van der Waals surface area contributed by atoms with Crippen LogP contribution in [0.4, 0.5) is 10.5 Å². The Bertz CT molecular complexity index is 612. The molecule has 2 amide bonds. The predicted octanol–water partition coefficient (Wildman–Crippen LogP) is 2.05. The molecule has 1 aliphatic heterocycles. The van der Waals surface area contributed by atoms with Gasteiger partial charge >= 0.3 is 6.09 Å². The van der Waals surface area contributed by atoms with Crippen LogP contribution in [0.5, 0.6) is 0 Å². The van der Waals surface area contributed by atoms with Crippen LogP contribution in [0.3, 0.4) is 0 Å². The summed E-state index contributed by atoms with van der Waals surface area (Å²) < 4.78 is 5.22. The van der Waals surface area contributed by atoms with Crippen LogP contribution in [0.2, 0.25) is 0 Å². The van der Waals surface area contributed by atoms with Crippen molar-refractivity contribution >= 4 is 23.5 Å². The highest BCUT2D eigenvalue weighted by molar-refractivity contribution is 5.98. The molecule has 1 fully saturated rings. The summed E-state index contributed by atoms with van der Waals surface area (Å²) in [6.45, 7) is 5.76. The molecule has 1 aromatic rings. The number of carbonyl (C=O) groups is 3. The monoisotopic (exact) mass is 304 g/mol. The molecule has 0 saturated carbocycles. The lowest BCUT2D eigenvalue weighted by Crippen LogP contribution is -2.33. The molecule has 6 nitrogen and oxygen atoms in total. The minimum Gasteiger partial charge on any atom is -0.442 e. The van der Waals surface area contributed by atoms with Crippen molar-refractivity contribution in [2.24, 2.45) is 0 Å². The van der Waals surface area contributed by atoms with E-state index >= 15 is 0 Å². The van der Waals surface area contributed by atoms with E-state index < -0.39 is 6.09 Å². The lowest BCUT2D eigenvalue weighted by atomic mass is 10.0. The Morgan fingerprint density at radius 2 is 2.14 bits per heavy atom. The second kappa shape index (κ2) is 6.60. The summed E-state index contributed by atoms with van der Waals surface area (Å²) in [5, 5.41) is 2.64. The molecule has 0 radical (unpaired) electrons. The van der Waals surface area contributed by atoms with Gasteiger partial charge in [0.25, 0.3) is 0 Å². The first kappa shape index (κ1) is 16.0. The maximum absolute atomic E-state index is 11.9. The predicted molar refractivity (Wildman–Crippen MR) is 82.1 cm³/mol. The van der Waals surface area contributed by atoms with Gasteiger partial charge in [0.15, 0.2) is 5.78 Å². The molecule has 1 atom stereocenters. The Labute approximate surface area is 129 Å². The van der Waals surface area contributed by atoms with E-state index in [0.29, 0.717) is 30.8 Å². The summed E-state index contributed by atoms with van der Waals surface area (Å²) in [6.07, 6.45) is -0.358. The first-order chi connectivity index (χ1) is 10.4. The van der Waals surface area contributed by atoms with Gasteiger partial charge < -0.3 is 10.1 Å². The van der Waals surface area contributed by atoms with Gasteiger partial charge in [-0.3, -0.25) is 14.5 Å². The highest BCUT2D eigenvalue weighted by Crippen LogP contribution is 2.24. The normalized spacial score (nSPS) is 17.3. The van der Waals surface area contributed by atoms with Crippen LogP contribution in [0.1, 0.15) is 36.2 Å². The van der Waals surface area contributed by atoms with Gasteiger partial charge in [-0.25, -0.2) is 4.79 Å². The lowest BCUT2D eigenvalue weighted by molar-refractivity contribution is -0.119. The van der Waals surface area contributed by atoms with Crippen LogP contribution in [-0.4, -0.2) is 37.0 Å². The molecule has 0 bridgehead atoms. The highest BCUT2D eigenvalue weighted by Gasteiger charge is 2.32. The standard InChI is InChI=1S/C16H20N2O4/c1-4-15(20)14-6-5-12(7-10(14)2)18-9-13(22-16(18)21)8-17-11(3)19/h5-7,13H,4,8-9H2,1-3H3,(H,17,19)/t13-/m0/s1. The number of rotatable bonds is 5. The maximum Gasteiger partial charge on any atom is 0.414 e. The fourth-order valence-corrected chi connectivity index (χ4v) is 2.42. The molecule has 0 aliphatic carbocycles. The minimum absolute atomic E-state index is 0.0802. The molecule has 2 rings (SSSR count). The van der Waals surface area contributed by atoms with E-state index in [1.807, 2.05) is 19.9 Å². The van der Waals surface area contributed by atoms with E-state index in [-0.39, 0.29) is 17.8 Å². The van der Waals surface area contributed by atoms with E-state index in [1.165, 1.54) is 11.8 Å². The summed E-state index contributed by atoms with van der Waals surface area (Å²) in [6, 6.07) is 5.30. The van der Waals surface area contributed by atoms with Gasteiger partial charge in [0.2, 0.25) is 5.91 Å². The van der Waals surface area contributed by atoms with Crippen molar-refractivity contribution in [2.45, 2.75) is 33.3 Å². The Morgan fingerprint density at radius 3 is 2.73 bits per heavy atom. The molecule has 1 N–H and O–H groups in total. The van der Waals surface area contributed by atoms with Gasteiger partial charge in [-0.1, -0.05) is 6.92 Å². The largest absolute Gasteiger partial charge is 0.442 e. The summed E-state index contributed by atoms with van der Waals surface area (Å²) in [5.74, 6) is -0.0793. The molecule has 0 unspecified atom stereocenters. The number of hydrogen-bond donors (Lipinski definition) is 1. The van der Waals surface area contributed by atoms with Crippen LogP contribution in [0, 0.1) is 6.92 Å². The molecular weight excluding hydrogens is 284 g/mol. The molecule has 6 heteroatoms. The topological polar surface area (TPSA) is 75.7 Å². The van der Waals surface area contributed by atoms with Gasteiger partial charge in [-0.05, 0) is 30.7 Å². The van der Waals surface area contributed by atoms with Crippen molar-refractivity contribution in [3.05, 3.63) is 29.3 Å². The van der Waals surface area contributed by atoms with Crippen molar-refractivity contribution in [1.82, 2.24) is 5.32 Å². The Morgan fingerprint density at radius 1 is 1.41 bits per heavy atom. The highest BCUT2D eigenvalue weighted by atomic mass is 16.6. The zero-order valence-corrected chi connectivity index (χ0v) is 13.0. The van der Waals surface area contributed by atoms with E-state index in [9.17, 15) is 14.4 Å². The van der Waals surface area contributed by atoms with Crippen LogP contribution in [0.15, 0.2) is 18.2 Å². The number of nitrogens with zero attached hydrogens (tertiary/aromatic N) is 1. The van der Waals surface area contributed by atoms with E-state index in [0.717, 1.165) is 5.56 Å². The summed E-state index contributed by atoms with van der Waals surface area (Å²) >= 11 is 0. The van der Waals surface area contributed by atoms with Crippen molar-refractivity contribution in [3.8, 4) is 0 Å². The fourth-order valence-electron chi connectivity index (χ4n) is 2.42. The number of aryl methyl sites for hydroxylation is 1. The number of benzene rings is 1. The molecule has 0 aromatic heterocycles. The second-order valence-electron chi connectivity index (χ2n) is 5.33. The quantitative estimate of drug-likeness (QED) is 0.845. The van der Waals surface area contributed by atoms with E-state index in [1.54, 1.807) is 12.1 Å². The SMILES string of the molecule is CCC(=O)c1ccc(N2C[C@H](CNC(C)=O)OC2=O)cc1C. The number of anilines is 1. The number of Topliss-reactive ketones (excluding diaryl/α,β-unsaturated/α-hetero) is 1. The van der Waals surface area contributed by atoms with E-state index in [2.05, 4.69) is 5.32 Å². The third kappa shape index (κ3) is 3.44. The van der Waals surface area contributed by atoms with Gasteiger partial charge in [0.05, 0.1) is 13.1 Å². The average molecular weight is 304 g/mol. The van der Waals surface area contributed by atoms with Gasteiger partial charge in [0, 0.05) is 24.6 Å². The van der Waals surface area contributed by atoms with Gasteiger partial charge in [-0.15, -0.1) is 0 Å². The minimum atomic E-state index is -0.440. The third-order valence-electron chi connectivity index (χ3n) is 3.60. The molecular formula is C16H20N2O4.